The predicted octanol–water partition coefficient (Wildman–Crippen LogP) is 2.21. The van der Waals surface area contributed by atoms with Crippen LogP contribution in [0.2, 0.25) is 0 Å². The molecule has 0 atom stereocenters. The summed E-state index contributed by atoms with van der Waals surface area (Å²) in [6, 6.07) is 2.77. The number of anilines is 1. The molecule has 8 nitrogen and oxygen atoms in total. The number of rotatable bonds is 4. The van der Waals surface area contributed by atoms with E-state index in [-0.39, 0.29) is 5.92 Å². The number of carbonyl (C=O) groups is 1. The quantitative estimate of drug-likeness (QED) is 0.708. The summed E-state index contributed by atoms with van der Waals surface area (Å²) in [7, 11) is 2.22. The van der Waals surface area contributed by atoms with Gasteiger partial charge in [-0.25, -0.2) is 4.98 Å². The molecule has 3 fully saturated rings. The van der Waals surface area contributed by atoms with Crippen molar-refractivity contribution in [3.63, 3.8) is 0 Å². The van der Waals surface area contributed by atoms with Crippen molar-refractivity contribution in [1.82, 2.24) is 29.5 Å². The summed E-state index contributed by atoms with van der Waals surface area (Å²) in [4.78, 5) is 27.6. The molecule has 0 aliphatic carbocycles. The van der Waals surface area contributed by atoms with Gasteiger partial charge in [0.25, 0.3) is 0 Å². The maximum atomic E-state index is 13.3. The van der Waals surface area contributed by atoms with Crippen molar-refractivity contribution in [2.45, 2.75) is 52.1 Å². The van der Waals surface area contributed by atoms with Crippen LogP contribution in [0.5, 0.6) is 0 Å². The average molecular weight is 454 g/mol. The van der Waals surface area contributed by atoms with Crippen molar-refractivity contribution in [2.75, 3.05) is 64.3 Å². The number of aromatic nitrogens is 3. The van der Waals surface area contributed by atoms with E-state index in [9.17, 15) is 4.79 Å². The molecule has 8 heteroatoms. The highest BCUT2D eigenvalue weighted by Gasteiger charge is 2.33. The van der Waals surface area contributed by atoms with E-state index in [1.165, 1.54) is 31.3 Å². The molecule has 0 aromatic carbocycles. The average Bonchev–Trinajstić information content (AvgIpc) is 3.20. The van der Waals surface area contributed by atoms with E-state index < -0.39 is 0 Å². The molecule has 0 spiro atoms. The fraction of sp³-hybridized carbons (Fsp3) is 0.720. The first kappa shape index (κ1) is 22.6. The van der Waals surface area contributed by atoms with Gasteiger partial charge in [-0.2, -0.15) is 5.10 Å². The highest BCUT2D eigenvalue weighted by atomic mass is 16.2. The predicted molar refractivity (Wildman–Crippen MR) is 132 cm³/mol. The van der Waals surface area contributed by atoms with Crippen LogP contribution in [0.1, 0.15) is 38.3 Å². The second kappa shape index (κ2) is 9.58. The van der Waals surface area contributed by atoms with Crippen LogP contribution in [0.3, 0.4) is 0 Å². The first-order chi connectivity index (χ1) is 16.0. The molecule has 2 aromatic heterocycles. The van der Waals surface area contributed by atoms with Crippen molar-refractivity contribution in [3.05, 3.63) is 18.0 Å². The highest BCUT2D eigenvalue weighted by molar-refractivity contribution is 5.91. The monoisotopic (exact) mass is 453 g/mol. The van der Waals surface area contributed by atoms with Crippen LogP contribution in [-0.4, -0.2) is 101 Å². The normalized spacial score (nSPS) is 22.4. The molecule has 3 saturated heterocycles. The molecule has 0 N–H and O–H groups in total. The Bertz CT molecular complexity index is 965. The minimum atomic E-state index is 0.146. The van der Waals surface area contributed by atoms with Gasteiger partial charge >= 0.3 is 0 Å². The molecule has 5 heterocycles. The minimum Gasteiger partial charge on any atom is -0.355 e. The van der Waals surface area contributed by atoms with E-state index in [1.54, 1.807) is 0 Å². The number of nitrogens with zero attached hydrogens (tertiary/aromatic N) is 7. The molecule has 3 aliphatic rings. The zero-order chi connectivity index (χ0) is 22.9. The number of aryl methyl sites for hydroxylation is 2. The number of pyridine rings is 1. The van der Waals surface area contributed by atoms with Crippen molar-refractivity contribution >= 4 is 22.6 Å². The molecule has 33 heavy (non-hydrogen) atoms. The van der Waals surface area contributed by atoms with Gasteiger partial charge in [0.1, 0.15) is 5.52 Å². The molecular weight excluding hydrogens is 414 g/mol. The first-order valence-corrected chi connectivity index (χ1v) is 12.8. The summed E-state index contributed by atoms with van der Waals surface area (Å²) in [5.74, 6) is 1.54. The number of likely N-dealkylation sites (tertiary alicyclic amines) is 1. The summed E-state index contributed by atoms with van der Waals surface area (Å²) < 4.78 is 2.06. The molecule has 5 rings (SSSR count). The zero-order valence-corrected chi connectivity index (χ0v) is 20.5. The summed E-state index contributed by atoms with van der Waals surface area (Å²) >= 11 is 0. The Morgan fingerprint density at radius 1 is 1.00 bits per heavy atom. The van der Waals surface area contributed by atoms with Crippen LogP contribution in [0, 0.1) is 12.8 Å². The maximum absolute atomic E-state index is 13.3. The van der Waals surface area contributed by atoms with E-state index in [0.717, 1.165) is 75.7 Å². The zero-order valence-electron chi connectivity index (χ0n) is 20.5. The molecule has 0 unspecified atom stereocenters. The lowest BCUT2D eigenvalue weighted by Gasteiger charge is -2.43. The third-order valence-electron chi connectivity index (χ3n) is 8.10. The number of piperazine rings is 1. The number of carbonyl (C=O) groups excluding carboxylic acids is 1. The van der Waals surface area contributed by atoms with Crippen LogP contribution >= 0.6 is 0 Å². The van der Waals surface area contributed by atoms with Gasteiger partial charge in [0.15, 0.2) is 5.82 Å². The molecule has 0 bridgehead atoms. The largest absolute Gasteiger partial charge is 0.355 e. The summed E-state index contributed by atoms with van der Waals surface area (Å²) in [6.45, 7) is 13.0. The second-order valence-electron chi connectivity index (χ2n) is 10.1. The molecular formula is C25H39N7O. The number of amides is 1. The smallest absolute Gasteiger partial charge is 0.225 e. The molecule has 1 amide bonds. The van der Waals surface area contributed by atoms with Crippen LogP contribution in [0.4, 0.5) is 5.82 Å². The lowest BCUT2D eigenvalue weighted by molar-refractivity contribution is -0.138. The van der Waals surface area contributed by atoms with Crippen LogP contribution in [0.25, 0.3) is 10.9 Å². The fourth-order valence-corrected chi connectivity index (χ4v) is 6.00. The molecule has 180 valence electrons. The molecule has 0 radical (unpaired) electrons. The standard InChI is InChI=1S/C25H39N7O/c1-4-32-23-22(19(2)27-32)5-10-26-24(23)30-13-6-20(7-14-30)25(33)31-17-15-29(16-18-31)21-8-11-28(3)12-9-21/h5,10,20-21H,4,6-9,11-18H2,1-3H3. The van der Waals surface area contributed by atoms with Gasteiger partial charge in [-0.1, -0.05) is 0 Å². The highest BCUT2D eigenvalue weighted by Crippen LogP contribution is 2.30. The minimum absolute atomic E-state index is 0.146. The third-order valence-corrected chi connectivity index (χ3v) is 8.10. The molecule has 0 saturated carbocycles. The van der Waals surface area contributed by atoms with Crippen molar-refractivity contribution in [3.8, 4) is 0 Å². The van der Waals surface area contributed by atoms with E-state index in [4.69, 9.17) is 10.1 Å². The van der Waals surface area contributed by atoms with E-state index in [1.807, 2.05) is 6.20 Å². The van der Waals surface area contributed by atoms with Gasteiger partial charge in [0.05, 0.1) is 5.69 Å². The summed E-state index contributed by atoms with van der Waals surface area (Å²) in [5.41, 5.74) is 2.19. The van der Waals surface area contributed by atoms with Crippen molar-refractivity contribution in [2.24, 2.45) is 5.92 Å². The molecule has 2 aromatic rings. The van der Waals surface area contributed by atoms with Gasteiger partial charge in [0, 0.05) is 69.4 Å². The number of fused-ring (bicyclic) bond motifs is 1. The Labute approximate surface area is 197 Å². The maximum Gasteiger partial charge on any atom is 0.225 e. The summed E-state index contributed by atoms with van der Waals surface area (Å²) in [6.07, 6.45) is 6.24. The van der Waals surface area contributed by atoms with Crippen LogP contribution in [-0.2, 0) is 11.3 Å². The van der Waals surface area contributed by atoms with Gasteiger partial charge in [0.2, 0.25) is 5.91 Å². The topological polar surface area (TPSA) is 60.7 Å². The lowest BCUT2D eigenvalue weighted by Crippen LogP contribution is -2.55. The van der Waals surface area contributed by atoms with Gasteiger partial charge < -0.3 is 14.7 Å². The Morgan fingerprint density at radius 3 is 2.36 bits per heavy atom. The van der Waals surface area contributed by atoms with Gasteiger partial charge in [-0.3, -0.25) is 14.4 Å². The van der Waals surface area contributed by atoms with Crippen molar-refractivity contribution < 1.29 is 4.79 Å². The second-order valence-corrected chi connectivity index (χ2v) is 10.1. The Hall–Kier alpha value is -2.19. The first-order valence-electron chi connectivity index (χ1n) is 12.8. The third kappa shape index (κ3) is 4.47. The van der Waals surface area contributed by atoms with Crippen LogP contribution in [0.15, 0.2) is 12.3 Å². The van der Waals surface area contributed by atoms with E-state index in [0.29, 0.717) is 11.9 Å². The SMILES string of the molecule is CCn1nc(C)c2ccnc(N3CCC(C(=O)N4CCN(C5CCN(C)CC5)CC4)CC3)c21. The Balaban J connectivity index is 1.17. The van der Waals surface area contributed by atoms with Crippen LogP contribution < -0.4 is 4.90 Å². The summed E-state index contributed by atoms with van der Waals surface area (Å²) in [5, 5.41) is 5.88. The fourth-order valence-electron chi connectivity index (χ4n) is 6.00. The van der Waals surface area contributed by atoms with Crippen molar-refractivity contribution in [1.29, 1.82) is 0 Å². The Kier molecular flexibility index (Phi) is 6.56. The van der Waals surface area contributed by atoms with Gasteiger partial charge in [-0.15, -0.1) is 0 Å². The lowest BCUT2D eigenvalue weighted by atomic mass is 9.94. The van der Waals surface area contributed by atoms with Gasteiger partial charge in [-0.05, 0) is 65.7 Å². The number of hydrogen-bond acceptors (Lipinski definition) is 6. The van der Waals surface area contributed by atoms with E-state index >= 15 is 0 Å². The number of piperidine rings is 2. The van der Waals surface area contributed by atoms with E-state index in [2.05, 4.69) is 51.2 Å². The number of hydrogen-bond donors (Lipinski definition) is 0. The Morgan fingerprint density at radius 2 is 1.70 bits per heavy atom. The molecule has 3 aliphatic heterocycles.